The van der Waals surface area contributed by atoms with E-state index in [0.29, 0.717) is 24.4 Å². The molecule has 0 spiro atoms. The standard InChI is InChI=1S/C17H24ClNO2/c18-15-8-4-3-7-14(15)9-10-16(20)19-13-17(21)11-5-1-2-6-12-17/h3-4,7-8,21H,1-2,5-6,9-13H2,(H,19,20). The Kier molecular flexibility index (Phi) is 6.07. The van der Waals surface area contributed by atoms with E-state index in [-0.39, 0.29) is 5.91 Å². The molecule has 2 rings (SSSR count). The summed E-state index contributed by atoms with van der Waals surface area (Å²) < 4.78 is 0. The molecule has 0 unspecified atom stereocenters. The van der Waals surface area contributed by atoms with Crippen molar-refractivity contribution < 1.29 is 9.90 Å². The van der Waals surface area contributed by atoms with Crippen molar-refractivity contribution in [1.82, 2.24) is 5.32 Å². The number of rotatable bonds is 5. The van der Waals surface area contributed by atoms with Crippen LogP contribution in [0.2, 0.25) is 5.02 Å². The van der Waals surface area contributed by atoms with Crippen LogP contribution < -0.4 is 5.32 Å². The van der Waals surface area contributed by atoms with Crippen molar-refractivity contribution in [2.45, 2.75) is 57.0 Å². The summed E-state index contributed by atoms with van der Waals surface area (Å²) in [6.45, 7) is 0.369. The molecular formula is C17H24ClNO2. The van der Waals surface area contributed by atoms with E-state index in [4.69, 9.17) is 11.6 Å². The molecule has 1 fully saturated rings. The molecule has 1 aromatic carbocycles. The predicted octanol–water partition coefficient (Wildman–Crippen LogP) is 3.47. The molecule has 0 saturated heterocycles. The molecule has 0 bridgehead atoms. The number of carbonyl (C=O) groups is 1. The van der Waals surface area contributed by atoms with Gasteiger partial charge in [-0.1, -0.05) is 55.5 Å². The molecule has 0 atom stereocenters. The van der Waals surface area contributed by atoms with E-state index in [1.54, 1.807) is 0 Å². The van der Waals surface area contributed by atoms with Gasteiger partial charge < -0.3 is 10.4 Å². The van der Waals surface area contributed by atoms with Crippen LogP contribution in [-0.2, 0) is 11.2 Å². The van der Waals surface area contributed by atoms with E-state index >= 15 is 0 Å². The lowest BCUT2D eigenvalue weighted by Gasteiger charge is -2.26. The SMILES string of the molecule is O=C(CCc1ccccc1Cl)NCC1(O)CCCCCC1. The van der Waals surface area contributed by atoms with Gasteiger partial charge in [-0.2, -0.15) is 0 Å². The maximum absolute atomic E-state index is 11.9. The van der Waals surface area contributed by atoms with Gasteiger partial charge in [0.2, 0.25) is 5.91 Å². The maximum atomic E-state index is 11.9. The van der Waals surface area contributed by atoms with Crippen LogP contribution in [0, 0.1) is 0 Å². The van der Waals surface area contributed by atoms with Crippen molar-refractivity contribution >= 4 is 17.5 Å². The average Bonchev–Trinajstić information content (AvgIpc) is 2.70. The number of amides is 1. The third kappa shape index (κ3) is 5.33. The Labute approximate surface area is 131 Å². The summed E-state index contributed by atoms with van der Waals surface area (Å²) in [6.07, 6.45) is 7.07. The van der Waals surface area contributed by atoms with Gasteiger partial charge in [0.25, 0.3) is 0 Å². The summed E-state index contributed by atoms with van der Waals surface area (Å²) >= 11 is 6.08. The fourth-order valence-corrected chi connectivity index (χ4v) is 3.09. The first-order valence-corrected chi connectivity index (χ1v) is 8.19. The highest BCUT2D eigenvalue weighted by Crippen LogP contribution is 2.26. The molecule has 0 aromatic heterocycles. The van der Waals surface area contributed by atoms with Crippen LogP contribution in [0.1, 0.15) is 50.5 Å². The minimum absolute atomic E-state index is 0.0207. The molecule has 1 aliphatic carbocycles. The minimum atomic E-state index is -0.712. The molecule has 1 aromatic rings. The molecule has 21 heavy (non-hydrogen) atoms. The van der Waals surface area contributed by atoms with Crippen molar-refractivity contribution in [3.8, 4) is 0 Å². The highest BCUT2D eigenvalue weighted by atomic mass is 35.5. The van der Waals surface area contributed by atoms with E-state index in [1.807, 2.05) is 24.3 Å². The zero-order valence-electron chi connectivity index (χ0n) is 12.4. The number of hydrogen-bond acceptors (Lipinski definition) is 2. The van der Waals surface area contributed by atoms with E-state index < -0.39 is 5.60 Å². The van der Waals surface area contributed by atoms with E-state index in [0.717, 1.165) is 31.2 Å². The van der Waals surface area contributed by atoms with Gasteiger partial charge in [-0.25, -0.2) is 0 Å². The van der Waals surface area contributed by atoms with Gasteiger partial charge in [-0.3, -0.25) is 4.79 Å². The zero-order chi connectivity index (χ0) is 15.1. The van der Waals surface area contributed by atoms with Crippen LogP contribution in [0.15, 0.2) is 24.3 Å². The largest absolute Gasteiger partial charge is 0.388 e. The minimum Gasteiger partial charge on any atom is -0.388 e. The van der Waals surface area contributed by atoms with Crippen LogP contribution in [0.4, 0.5) is 0 Å². The predicted molar refractivity (Wildman–Crippen MR) is 85.4 cm³/mol. The first kappa shape index (κ1) is 16.3. The lowest BCUT2D eigenvalue weighted by molar-refractivity contribution is -0.122. The summed E-state index contributed by atoms with van der Waals surface area (Å²) in [7, 11) is 0. The normalized spacial score (nSPS) is 18.0. The number of aliphatic hydroxyl groups is 1. The van der Waals surface area contributed by atoms with Gasteiger partial charge in [-0.05, 0) is 30.9 Å². The average molecular weight is 310 g/mol. The van der Waals surface area contributed by atoms with Gasteiger partial charge in [0.05, 0.1) is 5.60 Å². The quantitative estimate of drug-likeness (QED) is 0.818. The Morgan fingerprint density at radius 2 is 1.86 bits per heavy atom. The molecule has 3 nitrogen and oxygen atoms in total. The topological polar surface area (TPSA) is 49.3 Å². The third-order valence-corrected chi connectivity index (χ3v) is 4.60. The molecule has 0 aliphatic heterocycles. The van der Waals surface area contributed by atoms with Crippen molar-refractivity contribution in [2.75, 3.05) is 6.54 Å². The lowest BCUT2D eigenvalue weighted by Crippen LogP contribution is -2.42. The van der Waals surface area contributed by atoms with E-state index in [1.165, 1.54) is 12.8 Å². The first-order chi connectivity index (χ1) is 10.1. The highest BCUT2D eigenvalue weighted by Gasteiger charge is 2.28. The number of aryl methyl sites for hydroxylation is 1. The smallest absolute Gasteiger partial charge is 0.220 e. The fraction of sp³-hybridized carbons (Fsp3) is 0.588. The second kappa shape index (κ2) is 7.81. The zero-order valence-corrected chi connectivity index (χ0v) is 13.2. The molecular weight excluding hydrogens is 286 g/mol. The molecule has 116 valence electrons. The summed E-state index contributed by atoms with van der Waals surface area (Å²) in [6, 6.07) is 7.58. The van der Waals surface area contributed by atoms with Gasteiger partial charge in [0.1, 0.15) is 0 Å². The molecule has 4 heteroatoms. The van der Waals surface area contributed by atoms with Crippen molar-refractivity contribution in [2.24, 2.45) is 0 Å². The molecule has 1 saturated carbocycles. The highest BCUT2D eigenvalue weighted by molar-refractivity contribution is 6.31. The van der Waals surface area contributed by atoms with E-state index in [9.17, 15) is 9.90 Å². The van der Waals surface area contributed by atoms with Gasteiger partial charge in [-0.15, -0.1) is 0 Å². The Bertz CT molecular complexity index is 468. The van der Waals surface area contributed by atoms with Crippen molar-refractivity contribution in [3.05, 3.63) is 34.9 Å². The maximum Gasteiger partial charge on any atom is 0.220 e. The number of carbonyl (C=O) groups excluding carboxylic acids is 1. The summed E-state index contributed by atoms with van der Waals surface area (Å²) in [5.74, 6) is -0.0207. The number of halogens is 1. The van der Waals surface area contributed by atoms with Gasteiger partial charge in [0, 0.05) is 18.0 Å². The lowest BCUT2D eigenvalue weighted by atomic mass is 9.94. The Hall–Kier alpha value is -1.06. The molecule has 2 N–H and O–H groups in total. The number of benzene rings is 1. The summed E-state index contributed by atoms with van der Waals surface area (Å²) in [5.41, 5.74) is 0.277. The summed E-state index contributed by atoms with van der Waals surface area (Å²) in [4.78, 5) is 11.9. The second-order valence-corrected chi connectivity index (χ2v) is 6.41. The monoisotopic (exact) mass is 309 g/mol. The Morgan fingerprint density at radius 3 is 2.52 bits per heavy atom. The van der Waals surface area contributed by atoms with Gasteiger partial charge >= 0.3 is 0 Å². The summed E-state index contributed by atoms with van der Waals surface area (Å²) in [5, 5.41) is 14.1. The number of hydrogen-bond donors (Lipinski definition) is 2. The van der Waals surface area contributed by atoms with E-state index in [2.05, 4.69) is 5.32 Å². The van der Waals surface area contributed by atoms with Crippen molar-refractivity contribution in [3.63, 3.8) is 0 Å². The van der Waals surface area contributed by atoms with Crippen LogP contribution >= 0.6 is 11.6 Å². The molecule has 1 aliphatic rings. The van der Waals surface area contributed by atoms with Crippen LogP contribution in [0.25, 0.3) is 0 Å². The van der Waals surface area contributed by atoms with Crippen LogP contribution in [-0.4, -0.2) is 23.2 Å². The molecule has 0 radical (unpaired) electrons. The Balaban J connectivity index is 1.75. The van der Waals surface area contributed by atoms with Gasteiger partial charge in [0.15, 0.2) is 0 Å². The third-order valence-electron chi connectivity index (χ3n) is 4.23. The van der Waals surface area contributed by atoms with Crippen LogP contribution in [0.5, 0.6) is 0 Å². The first-order valence-electron chi connectivity index (χ1n) is 7.82. The fourth-order valence-electron chi connectivity index (χ4n) is 2.86. The van der Waals surface area contributed by atoms with Crippen LogP contribution in [0.3, 0.4) is 0 Å². The number of nitrogens with one attached hydrogen (secondary N) is 1. The second-order valence-electron chi connectivity index (χ2n) is 6.01. The van der Waals surface area contributed by atoms with Crippen molar-refractivity contribution in [1.29, 1.82) is 0 Å². The Morgan fingerprint density at radius 1 is 1.19 bits per heavy atom. The molecule has 1 amide bonds. The molecule has 0 heterocycles.